The Morgan fingerprint density at radius 1 is 1.18 bits per heavy atom. The summed E-state index contributed by atoms with van der Waals surface area (Å²) >= 11 is 0. The van der Waals surface area contributed by atoms with Gasteiger partial charge in [-0.05, 0) is 12.1 Å². The Bertz CT molecular complexity index is 823. The van der Waals surface area contributed by atoms with Crippen molar-refractivity contribution in [2.45, 2.75) is 5.16 Å². The highest BCUT2D eigenvalue weighted by atomic mass is 32.2. The molecular weight excluding hydrogens is 240 g/mol. The first kappa shape index (κ1) is 10.2. The Kier molecular flexibility index (Phi) is 1.95. The van der Waals surface area contributed by atoms with Crippen molar-refractivity contribution in [1.29, 1.82) is 0 Å². The lowest BCUT2D eigenvalue weighted by Crippen LogP contribution is -2.13. The maximum atomic E-state index is 11.2. The normalized spacial score (nSPS) is 12.3. The molecule has 6 nitrogen and oxygen atoms in total. The summed E-state index contributed by atoms with van der Waals surface area (Å²) in [5, 5.41) is 5.67. The predicted octanol–water partition coefficient (Wildman–Crippen LogP) is 0.759. The molecule has 0 atom stereocenters. The molecule has 0 aliphatic heterocycles. The van der Waals surface area contributed by atoms with Gasteiger partial charge in [-0.1, -0.05) is 12.1 Å². The number of hydrogen-bond donors (Lipinski definition) is 2. The molecule has 0 spiro atoms. The maximum absolute atomic E-state index is 11.2. The fourth-order valence-corrected chi connectivity index (χ4v) is 2.19. The van der Waals surface area contributed by atoms with Crippen molar-refractivity contribution in [3.63, 3.8) is 0 Å². The van der Waals surface area contributed by atoms with E-state index >= 15 is 0 Å². The lowest BCUT2D eigenvalue weighted by Gasteiger charge is -1.95. The first-order valence-electron chi connectivity index (χ1n) is 4.82. The van der Waals surface area contributed by atoms with Crippen LogP contribution in [0.4, 0.5) is 0 Å². The first-order chi connectivity index (χ1) is 8.05. The Morgan fingerprint density at radius 3 is 2.76 bits per heavy atom. The standard InChI is InChI=1S/C10H8N4O2S/c11-17(15,16)10-13-7-4-3-6-2-1-5-12-8(6)9(7)14-10/h1-5H,(H,13,14)(H2,11,15,16). The van der Waals surface area contributed by atoms with E-state index in [1.54, 1.807) is 18.3 Å². The van der Waals surface area contributed by atoms with E-state index in [1.807, 2.05) is 12.1 Å². The largest absolute Gasteiger partial charge is 0.328 e. The van der Waals surface area contributed by atoms with Crippen LogP contribution in [-0.2, 0) is 10.0 Å². The van der Waals surface area contributed by atoms with Crippen LogP contribution >= 0.6 is 0 Å². The molecule has 0 amide bonds. The molecule has 3 rings (SSSR count). The van der Waals surface area contributed by atoms with Crippen LogP contribution in [0.5, 0.6) is 0 Å². The highest BCUT2D eigenvalue weighted by molar-refractivity contribution is 7.89. The molecule has 1 aromatic carbocycles. The highest BCUT2D eigenvalue weighted by Crippen LogP contribution is 2.22. The second-order valence-corrected chi connectivity index (χ2v) is 5.10. The zero-order valence-corrected chi connectivity index (χ0v) is 9.40. The number of fused-ring (bicyclic) bond motifs is 3. The average Bonchev–Trinajstić information content (AvgIpc) is 2.72. The molecular formula is C10H8N4O2S. The van der Waals surface area contributed by atoms with Gasteiger partial charge in [-0.3, -0.25) is 4.98 Å². The van der Waals surface area contributed by atoms with Crippen LogP contribution < -0.4 is 5.14 Å². The zero-order chi connectivity index (χ0) is 12.0. The number of hydrogen-bond acceptors (Lipinski definition) is 4. The lowest BCUT2D eigenvalue weighted by atomic mass is 10.2. The number of nitrogens with one attached hydrogen (secondary N) is 1. The number of rotatable bonds is 1. The van der Waals surface area contributed by atoms with Crippen LogP contribution in [0.1, 0.15) is 0 Å². The smallest absolute Gasteiger partial charge is 0.271 e. The number of aromatic amines is 1. The minimum absolute atomic E-state index is 0.245. The molecule has 7 heteroatoms. The van der Waals surface area contributed by atoms with Crippen LogP contribution in [0.2, 0.25) is 0 Å². The Hall–Kier alpha value is -1.99. The maximum Gasteiger partial charge on any atom is 0.271 e. The molecule has 2 heterocycles. The molecule has 0 unspecified atom stereocenters. The number of H-pyrrole nitrogens is 1. The third-order valence-electron chi connectivity index (χ3n) is 2.47. The quantitative estimate of drug-likeness (QED) is 0.663. The zero-order valence-electron chi connectivity index (χ0n) is 8.58. The average molecular weight is 248 g/mol. The van der Waals surface area contributed by atoms with Crippen molar-refractivity contribution in [2.75, 3.05) is 0 Å². The topological polar surface area (TPSA) is 102 Å². The highest BCUT2D eigenvalue weighted by Gasteiger charge is 2.15. The van der Waals surface area contributed by atoms with Crippen molar-refractivity contribution < 1.29 is 8.42 Å². The molecule has 0 radical (unpaired) electrons. The summed E-state index contributed by atoms with van der Waals surface area (Å²) < 4.78 is 22.4. The van der Waals surface area contributed by atoms with Crippen LogP contribution in [-0.4, -0.2) is 23.4 Å². The molecule has 17 heavy (non-hydrogen) atoms. The van der Waals surface area contributed by atoms with E-state index in [-0.39, 0.29) is 5.16 Å². The molecule has 0 saturated carbocycles. The molecule has 0 aliphatic rings. The van der Waals surface area contributed by atoms with Crippen LogP contribution in [0.15, 0.2) is 35.6 Å². The summed E-state index contributed by atoms with van der Waals surface area (Å²) in [5.74, 6) is 0. The molecule has 0 aliphatic carbocycles. The number of nitrogens with zero attached hydrogens (tertiary/aromatic N) is 2. The van der Waals surface area contributed by atoms with Crippen LogP contribution in [0.3, 0.4) is 0 Å². The number of sulfonamides is 1. The van der Waals surface area contributed by atoms with Crippen molar-refractivity contribution in [3.8, 4) is 0 Å². The number of aromatic nitrogens is 3. The number of benzene rings is 1. The van der Waals surface area contributed by atoms with E-state index in [1.165, 1.54) is 0 Å². The van der Waals surface area contributed by atoms with E-state index in [0.717, 1.165) is 5.39 Å². The van der Waals surface area contributed by atoms with Crippen molar-refractivity contribution in [2.24, 2.45) is 5.14 Å². The van der Waals surface area contributed by atoms with Crippen LogP contribution in [0, 0.1) is 0 Å². The SMILES string of the molecule is NS(=O)(=O)c1nc2c(ccc3cccnc32)[nH]1. The van der Waals surface area contributed by atoms with Gasteiger partial charge in [0.05, 0.1) is 11.0 Å². The monoisotopic (exact) mass is 248 g/mol. The number of imidazole rings is 1. The van der Waals surface area contributed by atoms with Gasteiger partial charge in [-0.25, -0.2) is 18.5 Å². The third kappa shape index (κ3) is 1.56. The first-order valence-corrected chi connectivity index (χ1v) is 6.36. The second-order valence-electron chi connectivity index (χ2n) is 3.62. The van der Waals surface area contributed by atoms with Gasteiger partial charge in [0, 0.05) is 11.6 Å². The summed E-state index contributed by atoms with van der Waals surface area (Å²) in [4.78, 5) is 10.8. The lowest BCUT2D eigenvalue weighted by molar-refractivity contribution is 0.591. The van der Waals surface area contributed by atoms with E-state index < -0.39 is 10.0 Å². The van der Waals surface area contributed by atoms with Crippen molar-refractivity contribution in [3.05, 3.63) is 30.5 Å². The van der Waals surface area contributed by atoms with Gasteiger partial charge in [-0.15, -0.1) is 0 Å². The molecule has 3 N–H and O–H groups in total. The Morgan fingerprint density at radius 2 is 2.00 bits per heavy atom. The Balaban J connectivity index is 2.47. The molecule has 0 saturated heterocycles. The fourth-order valence-electron chi connectivity index (χ4n) is 1.72. The number of pyridine rings is 1. The second kappa shape index (κ2) is 3.25. The number of primary sulfonamides is 1. The summed E-state index contributed by atoms with van der Waals surface area (Å²) in [6.07, 6.45) is 1.63. The number of nitrogens with two attached hydrogens (primary N) is 1. The third-order valence-corrected chi connectivity index (χ3v) is 3.20. The van der Waals surface area contributed by atoms with Crippen LogP contribution in [0.25, 0.3) is 21.9 Å². The van der Waals surface area contributed by atoms with E-state index in [2.05, 4.69) is 15.0 Å². The molecule has 2 aromatic heterocycles. The van der Waals surface area contributed by atoms with Gasteiger partial charge in [0.2, 0.25) is 5.16 Å². The van der Waals surface area contributed by atoms with Gasteiger partial charge in [-0.2, -0.15) is 0 Å². The fraction of sp³-hybridized carbons (Fsp3) is 0. The summed E-state index contributed by atoms with van der Waals surface area (Å²) in [5.41, 5.74) is 1.75. The summed E-state index contributed by atoms with van der Waals surface area (Å²) in [7, 11) is -3.83. The van der Waals surface area contributed by atoms with Gasteiger partial charge < -0.3 is 4.98 Å². The predicted molar refractivity (Wildman–Crippen MR) is 62.8 cm³/mol. The van der Waals surface area contributed by atoms with Gasteiger partial charge in [0.1, 0.15) is 5.52 Å². The van der Waals surface area contributed by atoms with Crippen molar-refractivity contribution in [1.82, 2.24) is 15.0 Å². The van der Waals surface area contributed by atoms with E-state index in [4.69, 9.17) is 5.14 Å². The van der Waals surface area contributed by atoms with Gasteiger partial charge in [0.25, 0.3) is 10.0 Å². The summed E-state index contributed by atoms with van der Waals surface area (Å²) in [6, 6.07) is 7.28. The van der Waals surface area contributed by atoms with E-state index in [9.17, 15) is 8.42 Å². The molecule has 0 bridgehead atoms. The Labute approximate surface area is 96.5 Å². The van der Waals surface area contributed by atoms with E-state index in [0.29, 0.717) is 16.6 Å². The van der Waals surface area contributed by atoms with Gasteiger partial charge in [0.15, 0.2) is 0 Å². The molecule has 3 aromatic rings. The minimum atomic E-state index is -3.83. The van der Waals surface area contributed by atoms with Crippen molar-refractivity contribution >= 4 is 32.0 Å². The van der Waals surface area contributed by atoms with Gasteiger partial charge >= 0.3 is 0 Å². The minimum Gasteiger partial charge on any atom is -0.328 e. The summed E-state index contributed by atoms with van der Waals surface area (Å²) in [6.45, 7) is 0. The molecule has 86 valence electrons. The molecule has 0 fully saturated rings.